The van der Waals surface area contributed by atoms with E-state index in [1.807, 2.05) is 27.0 Å². The van der Waals surface area contributed by atoms with Gasteiger partial charge in [0.05, 0.1) is 19.3 Å². The monoisotopic (exact) mass is 312 g/mol. The van der Waals surface area contributed by atoms with Crippen LogP contribution in [0.4, 0.5) is 4.79 Å². The zero-order valence-electron chi connectivity index (χ0n) is 13.9. The highest BCUT2D eigenvalue weighted by Crippen LogP contribution is 2.06. The SMILES string of the molecule is CCC(CNC(=O)OC(C)(C)C)NCc1cnn(CCO)c1. The average Bonchev–Trinajstić information content (AvgIpc) is 2.85. The maximum absolute atomic E-state index is 11.6. The van der Waals surface area contributed by atoms with Crippen LogP contribution in [0.1, 0.15) is 39.7 Å². The number of aromatic nitrogens is 2. The van der Waals surface area contributed by atoms with Gasteiger partial charge < -0.3 is 20.5 Å². The number of aliphatic hydroxyl groups is 1. The normalized spacial score (nSPS) is 13.0. The van der Waals surface area contributed by atoms with Crippen LogP contribution in [-0.4, -0.2) is 45.8 Å². The molecule has 1 amide bonds. The number of hydrogen-bond donors (Lipinski definition) is 3. The molecule has 0 aromatic carbocycles. The van der Waals surface area contributed by atoms with Gasteiger partial charge in [-0.1, -0.05) is 6.92 Å². The summed E-state index contributed by atoms with van der Waals surface area (Å²) in [6.07, 6.45) is 4.16. The van der Waals surface area contributed by atoms with E-state index in [1.54, 1.807) is 10.9 Å². The molecule has 0 fully saturated rings. The lowest BCUT2D eigenvalue weighted by Gasteiger charge is -2.22. The second kappa shape index (κ2) is 8.75. The van der Waals surface area contributed by atoms with Crippen molar-refractivity contribution in [2.45, 2.75) is 58.8 Å². The Morgan fingerprint density at radius 3 is 2.82 bits per heavy atom. The molecule has 3 N–H and O–H groups in total. The molecule has 0 radical (unpaired) electrons. The van der Waals surface area contributed by atoms with Crippen molar-refractivity contribution in [1.29, 1.82) is 0 Å². The molecule has 1 rings (SSSR count). The highest BCUT2D eigenvalue weighted by molar-refractivity contribution is 5.67. The van der Waals surface area contributed by atoms with Crippen molar-refractivity contribution in [1.82, 2.24) is 20.4 Å². The largest absolute Gasteiger partial charge is 0.444 e. The number of rotatable bonds is 8. The molecule has 1 heterocycles. The standard InChI is InChI=1S/C15H28N4O3/c1-5-13(10-17-14(21)22-15(2,3)4)16-8-12-9-18-19(11-12)6-7-20/h9,11,13,16,20H,5-8,10H2,1-4H3,(H,17,21). The van der Waals surface area contributed by atoms with Crippen molar-refractivity contribution in [3.05, 3.63) is 18.0 Å². The molecule has 0 saturated carbocycles. The first-order valence-corrected chi connectivity index (χ1v) is 7.66. The van der Waals surface area contributed by atoms with Gasteiger partial charge >= 0.3 is 6.09 Å². The predicted octanol–water partition coefficient (Wildman–Crippen LogP) is 1.27. The zero-order chi connectivity index (χ0) is 16.6. The fourth-order valence-electron chi connectivity index (χ4n) is 1.87. The van der Waals surface area contributed by atoms with E-state index in [2.05, 4.69) is 22.7 Å². The summed E-state index contributed by atoms with van der Waals surface area (Å²) >= 11 is 0. The first kappa shape index (κ1) is 18.4. The van der Waals surface area contributed by atoms with Gasteiger partial charge in [-0.3, -0.25) is 4.68 Å². The topological polar surface area (TPSA) is 88.4 Å². The highest BCUT2D eigenvalue weighted by atomic mass is 16.6. The Morgan fingerprint density at radius 2 is 2.23 bits per heavy atom. The number of nitrogens with one attached hydrogen (secondary N) is 2. The lowest BCUT2D eigenvalue weighted by molar-refractivity contribution is 0.0522. The van der Waals surface area contributed by atoms with E-state index >= 15 is 0 Å². The summed E-state index contributed by atoms with van der Waals surface area (Å²) in [6.45, 7) is 9.33. The predicted molar refractivity (Wildman–Crippen MR) is 84.5 cm³/mol. The molecule has 126 valence electrons. The van der Waals surface area contributed by atoms with E-state index in [-0.39, 0.29) is 12.6 Å². The third kappa shape index (κ3) is 7.42. The molecule has 22 heavy (non-hydrogen) atoms. The lowest BCUT2D eigenvalue weighted by Crippen LogP contribution is -2.42. The van der Waals surface area contributed by atoms with Crippen LogP contribution < -0.4 is 10.6 Å². The summed E-state index contributed by atoms with van der Waals surface area (Å²) in [5, 5.41) is 19.2. The Morgan fingerprint density at radius 1 is 1.50 bits per heavy atom. The Labute approximate surface area is 132 Å². The summed E-state index contributed by atoms with van der Waals surface area (Å²) in [5.41, 5.74) is 0.560. The fraction of sp³-hybridized carbons (Fsp3) is 0.733. The van der Waals surface area contributed by atoms with Gasteiger partial charge in [0.25, 0.3) is 0 Å². The van der Waals surface area contributed by atoms with Crippen LogP contribution in [0.5, 0.6) is 0 Å². The minimum absolute atomic E-state index is 0.0753. The average molecular weight is 312 g/mol. The van der Waals surface area contributed by atoms with Gasteiger partial charge in [0, 0.05) is 30.9 Å². The van der Waals surface area contributed by atoms with E-state index in [0.717, 1.165) is 12.0 Å². The van der Waals surface area contributed by atoms with Crippen LogP contribution in [0.2, 0.25) is 0 Å². The molecule has 0 aliphatic rings. The summed E-state index contributed by atoms with van der Waals surface area (Å²) in [6, 6.07) is 0.161. The first-order chi connectivity index (χ1) is 10.3. The summed E-state index contributed by atoms with van der Waals surface area (Å²) < 4.78 is 6.92. The van der Waals surface area contributed by atoms with Crippen molar-refractivity contribution >= 4 is 6.09 Å². The van der Waals surface area contributed by atoms with E-state index < -0.39 is 11.7 Å². The van der Waals surface area contributed by atoms with Crippen molar-refractivity contribution in [3.8, 4) is 0 Å². The Kier molecular flexibility index (Phi) is 7.34. The van der Waals surface area contributed by atoms with Crippen LogP contribution in [0.25, 0.3) is 0 Å². The Hall–Kier alpha value is -1.60. The van der Waals surface area contributed by atoms with Gasteiger partial charge in [-0.15, -0.1) is 0 Å². The Bertz CT molecular complexity index is 454. The maximum atomic E-state index is 11.6. The summed E-state index contributed by atoms with van der Waals surface area (Å²) in [4.78, 5) is 11.6. The van der Waals surface area contributed by atoms with Crippen LogP contribution in [0, 0.1) is 0 Å². The molecule has 1 aromatic rings. The van der Waals surface area contributed by atoms with Gasteiger partial charge in [-0.05, 0) is 27.2 Å². The molecular formula is C15H28N4O3. The van der Waals surface area contributed by atoms with Crippen molar-refractivity contribution in [2.75, 3.05) is 13.2 Å². The second-order valence-electron chi connectivity index (χ2n) is 6.20. The molecule has 1 aromatic heterocycles. The minimum atomic E-state index is -0.486. The van der Waals surface area contributed by atoms with Crippen LogP contribution in [0.15, 0.2) is 12.4 Å². The number of amides is 1. The van der Waals surface area contributed by atoms with Crippen molar-refractivity contribution in [2.24, 2.45) is 0 Å². The van der Waals surface area contributed by atoms with E-state index in [4.69, 9.17) is 9.84 Å². The number of ether oxygens (including phenoxy) is 1. The van der Waals surface area contributed by atoms with E-state index in [1.165, 1.54) is 0 Å². The third-order valence-corrected chi connectivity index (χ3v) is 3.00. The van der Waals surface area contributed by atoms with Gasteiger partial charge in [-0.25, -0.2) is 4.79 Å². The van der Waals surface area contributed by atoms with Gasteiger partial charge in [-0.2, -0.15) is 5.10 Å². The molecule has 0 aliphatic heterocycles. The quantitative estimate of drug-likeness (QED) is 0.673. The Balaban J connectivity index is 2.33. The molecule has 0 aliphatic carbocycles. The zero-order valence-corrected chi connectivity index (χ0v) is 13.9. The highest BCUT2D eigenvalue weighted by Gasteiger charge is 2.16. The molecule has 0 saturated heterocycles. The smallest absolute Gasteiger partial charge is 0.407 e. The third-order valence-electron chi connectivity index (χ3n) is 3.00. The number of alkyl carbamates (subject to hydrolysis) is 1. The number of nitrogens with zero attached hydrogens (tertiary/aromatic N) is 2. The van der Waals surface area contributed by atoms with Crippen LogP contribution in [0.3, 0.4) is 0 Å². The van der Waals surface area contributed by atoms with E-state index in [9.17, 15) is 4.79 Å². The summed E-state index contributed by atoms with van der Waals surface area (Å²) in [7, 11) is 0. The van der Waals surface area contributed by atoms with Crippen molar-refractivity contribution in [3.63, 3.8) is 0 Å². The number of aliphatic hydroxyl groups excluding tert-OH is 1. The molecular weight excluding hydrogens is 284 g/mol. The van der Waals surface area contributed by atoms with Gasteiger partial charge in [0.15, 0.2) is 0 Å². The van der Waals surface area contributed by atoms with Crippen molar-refractivity contribution < 1.29 is 14.6 Å². The number of carbonyl (C=O) groups is 1. The van der Waals surface area contributed by atoms with Crippen LogP contribution >= 0.6 is 0 Å². The second-order valence-corrected chi connectivity index (χ2v) is 6.20. The fourth-order valence-corrected chi connectivity index (χ4v) is 1.87. The number of hydrogen-bond acceptors (Lipinski definition) is 5. The molecule has 0 spiro atoms. The molecule has 7 nitrogen and oxygen atoms in total. The minimum Gasteiger partial charge on any atom is -0.444 e. The summed E-state index contributed by atoms with van der Waals surface area (Å²) in [5.74, 6) is 0. The first-order valence-electron chi connectivity index (χ1n) is 7.66. The maximum Gasteiger partial charge on any atom is 0.407 e. The number of carbonyl (C=O) groups excluding carboxylic acids is 1. The van der Waals surface area contributed by atoms with Gasteiger partial charge in [0.2, 0.25) is 0 Å². The van der Waals surface area contributed by atoms with Crippen LogP contribution in [-0.2, 0) is 17.8 Å². The molecule has 1 atom stereocenters. The van der Waals surface area contributed by atoms with E-state index in [0.29, 0.717) is 19.6 Å². The van der Waals surface area contributed by atoms with Gasteiger partial charge in [0.1, 0.15) is 5.60 Å². The molecule has 1 unspecified atom stereocenters. The molecule has 7 heteroatoms. The molecule has 0 bridgehead atoms. The lowest BCUT2D eigenvalue weighted by atomic mass is 10.2.